The Hall–Kier alpha value is -3.26. The lowest BCUT2D eigenvalue weighted by atomic mass is 10.0. The van der Waals surface area contributed by atoms with Crippen LogP contribution in [0.25, 0.3) is 0 Å². The molecule has 0 atom stereocenters. The predicted octanol–water partition coefficient (Wildman–Crippen LogP) is 5.27. The van der Waals surface area contributed by atoms with Crippen LogP contribution in [0.4, 0.5) is 0 Å². The Balaban J connectivity index is 1.89. The van der Waals surface area contributed by atoms with Crippen molar-refractivity contribution in [1.29, 1.82) is 0 Å². The van der Waals surface area contributed by atoms with Crippen LogP contribution in [0, 0.1) is 0 Å². The van der Waals surface area contributed by atoms with Gasteiger partial charge in [0.1, 0.15) is 13.2 Å². The van der Waals surface area contributed by atoms with E-state index >= 15 is 0 Å². The normalized spacial score (nSPS) is 10.8. The second-order valence-electron chi connectivity index (χ2n) is 7.76. The number of hydrogen-bond donors (Lipinski definition) is 0. The number of hydrogen-bond acceptors (Lipinski definition) is 7. The van der Waals surface area contributed by atoms with E-state index in [1.165, 1.54) is 7.11 Å². The van der Waals surface area contributed by atoms with Gasteiger partial charge < -0.3 is 28.4 Å². The first kappa shape index (κ1) is 27.3. The van der Waals surface area contributed by atoms with Crippen LogP contribution in [0.3, 0.4) is 0 Å². The molecule has 0 amide bonds. The molecule has 0 saturated carbocycles. The molecule has 0 saturated heterocycles. The molecule has 0 aromatic heterocycles. The van der Waals surface area contributed by atoms with E-state index in [1.807, 2.05) is 60.7 Å². The van der Waals surface area contributed by atoms with Crippen LogP contribution >= 0.6 is 11.6 Å². The first-order valence-corrected chi connectivity index (χ1v) is 11.9. The highest BCUT2D eigenvalue weighted by Gasteiger charge is 2.25. The molecule has 0 heterocycles. The number of rotatable bonds is 14. The molecule has 0 N–H and O–H groups in total. The smallest absolute Gasteiger partial charge is 0.311 e. The third-order valence-electron chi connectivity index (χ3n) is 5.29. The molecule has 0 aliphatic carbocycles. The van der Waals surface area contributed by atoms with E-state index < -0.39 is 12.1 Å². The van der Waals surface area contributed by atoms with Crippen molar-refractivity contribution in [3.8, 4) is 17.2 Å². The lowest BCUT2D eigenvalue weighted by Gasteiger charge is -2.21. The summed E-state index contributed by atoms with van der Waals surface area (Å²) in [5.41, 5.74) is 2.22. The van der Waals surface area contributed by atoms with Gasteiger partial charge in [-0.1, -0.05) is 72.3 Å². The highest BCUT2D eigenvalue weighted by molar-refractivity contribution is 6.33. The van der Waals surface area contributed by atoms with E-state index in [4.69, 9.17) is 40.0 Å². The minimum atomic E-state index is -0.561. The number of halogens is 1. The fourth-order valence-electron chi connectivity index (χ4n) is 3.56. The number of carbonyl (C=O) groups is 1. The predicted molar refractivity (Wildman–Crippen MR) is 137 cm³/mol. The maximum atomic E-state index is 13.2. The van der Waals surface area contributed by atoms with Gasteiger partial charge in [-0.15, -0.1) is 0 Å². The van der Waals surface area contributed by atoms with E-state index in [0.29, 0.717) is 30.3 Å². The highest BCUT2D eigenvalue weighted by atomic mass is 35.5. The molecule has 0 radical (unpaired) electrons. The SMILES string of the molecule is COCCOc1c(OC)cc(CC(=O)OC(c2ccccc2)c2ccccc2)c(Cl)c1OCCOC. The summed E-state index contributed by atoms with van der Waals surface area (Å²) in [6.07, 6.45) is -0.653. The van der Waals surface area contributed by atoms with E-state index in [9.17, 15) is 4.79 Å². The summed E-state index contributed by atoms with van der Waals surface area (Å²) in [5, 5.41) is 0.243. The van der Waals surface area contributed by atoms with Gasteiger partial charge in [-0.05, 0) is 22.8 Å². The number of carbonyl (C=O) groups excluding carboxylic acids is 1. The van der Waals surface area contributed by atoms with Crippen LogP contribution in [0.5, 0.6) is 17.2 Å². The summed E-state index contributed by atoms with van der Waals surface area (Å²) in [4.78, 5) is 13.2. The number of ether oxygens (including phenoxy) is 6. The van der Waals surface area contributed by atoms with Crippen molar-refractivity contribution in [2.45, 2.75) is 12.5 Å². The zero-order valence-electron chi connectivity index (χ0n) is 20.7. The van der Waals surface area contributed by atoms with Crippen LogP contribution in [0.15, 0.2) is 66.7 Å². The standard InChI is InChI=1S/C28H31ClO7/c1-31-14-16-34-27-23(33-3)18-22(25(29)28(27)35-17-15-32-2)19-24(30)36-26(20-10-6-4-7-11-20)21-12-8-5-9-13-21/h4-13,18,26H,14-17,19H2,1-3H3. The Morgan fingerprint density at radius 2 is 1.31 bits per heavy atom. The van der Waals surface area contributed by atoms with Crippen LogP contribution < -0.4 is 14.2 Å². The molecule has 0 spiro atoms. The Labute approximate surface area is 216 Å². The first-order valence-electron chi connectivity index (χ1n) is 11.5. The van der Waals surface area contributed by atoms with Crippen molar-refractivity contribution >= 4 is 17.6 Å². The van der Waals surface area contributed by atoms with Gasteiger partial charge in [0.25, 0.3) is 0 Å². The van der Waals surface area contributed by atoms with E-state index in [2.05, 4.69) is 0 Å². The zero-order chi connectivity index (χ0) is 25.8. The first-order chi connectivity index (χ1) is 17.6. The molecule has 0 unspecified atom stereocenters. The van der Waals surface area contributed by atoms with Crippen molar-refractivity contribution < 1.29 is 33.2 Å². The Kier molecular flexibility index (Phi) is 10.9. The molecular weight excluding hydrogens is 484 g/mol. The highest BCUT2D eigenvalue weighted by Crippen LogP contribution is 2.45. The van der Waals surface area contributed by atoms with Crippen LogP contribution in [-0.4, -0.2) is 53.7 Å². The minimum absolute atomic E-state index is 0.0929. The van der Waals surface area contributed by atoms with Gasteiger partial charge in [0, 0.05) is 14.2 Å². The molecule has 0 fully saturated rings. The molecule has 36 heavy (non-hydrogen) atoms. The topological polar surface area (TPSA) is 72.5 Å². The van der Waals surface area contributed by atoms with Crippen LogP contribution in [-0.2, 0) is 25.4 Å². The van der Waals surface area contributed by atoms with Gasteiger partial charge in [0.15, 0.2) is 17.6 Å². The molecule has 3 aromatic rings. The van der Waals surface area contributed by atoms with Gasteiger partial charge in [-0.3, -0.25) is 4.79 Å². The molecule has 0 bridgehead atoms. The second-order valence-corrected chi connectivity index (χ2v) is 8.14. The minimum Gasteiger partial charge on any atom is -0.493 e. The molecule has 3 rings (SSSR count). The van der Waals surface area contributed by atoms with Gasteiger partial charge in [0.05, 0.1) is 31.8 Å². The molecule has 0 aliphatic rings. The largest absolute Gasteiger partial charge is 0.493 e. The number of methoxy groups -OCH3 is 3. The van der Waals surface area contributed by atoms with E-state index in [0.717, 1.165) is 11.1 Å². The van der Waals surface area contributed by atoms with Crippen LogP contribution in [0.1, 0.15) is 22.8 Å². The summed E-state index contributed by atoms with van der Waals surface area (Å²) in [7, 11) is 4.66. The Morgan fingerprint density at radius 1 is 0.778 bits per heavy atom. The van der Waals surface area contributed by atoms with Crippen molar-refractivity contribution in [3.05, 3.63) is 88.4 Å². The van der Waals surface area contributed by atoms with Crippen molar-refractivity contribution in [2.75, 3.05) is 47.8 Å². The van der Waals surface area contributed by atoms with E-state index in [1.54, 1.807) is 20.3 Å². The monoisotopic (exact) mass is 514 g/mol. The average molecular weight is 515 g/mol. The lowest BCUT2D eigenvalue weighted by Crippen LogP contribution is -2.16. The average Bonchev–Trinajstić information content (AvgIpc) is 2.91. The molecule has 3 aromatic carbocycles. The maximum absolute atomic E-state index is 13.2. The fourth-order valence-corrected chi connectivity index (χ4v) is 3.82. The summed E-state index contributed by atoms with van der Waals surface area (Å²) in [6, 6.07) is 20.8. The molecule has 7 nitrogen and oxygen atoms in total. The quantitative estimate of drug-likeness (QED) is 0.214. The molecular formula is C28H31ClO7. The van der Waals surface area contributed by atoms with Gasteiger partial charge in [-0.25, -0.2) is 0 Å². The maximum Gasteiger partial charge on any atom is 0.311 e. The van der Waals surface area contributed by atoms with Crippen molar-refractivity contribution in [2.24, 2.45) is 0 Å². The summed E-state index contributed by atoms with van der Waals surface area (Å²) < 4.78 is 33.3. The van der Waals surface area contributed by atoms with Gasteiger partial charge >= 0.3 is 5.97 Å². The van der Waals surface area contributed by atoms with E-state index in [-0.39, 0.29) is 30.4 Å². The summed E-state index contributed by atoms with van der Waals surface area (Å²) >= 11 is 6.71. The lowest BCUT2D eigenvalue weighted by molar-refractivity contribution is -0.146. The fraction of sp³-hybridized carbons (Fsp3) is 0.321. The molecule has 8 heteroatoms. The molecule has 192 valence electrons. The zero-order valence-corrected chi connectivity index (χ0v) is 21.5. The second kappa shape index (κ2) is 14.3. The Morgan fingerprint density at radius 3 is 1.81 bits per heavy atom. The summed E-state index contributed by atoms with van der Waals surface area (Å²) in [5.74, 6) is 0.537. The molecule has 0 aliphatic heterocycles. The number of benzene rings is 3. The van der Waals surface area contributed by atoms with Crippen molar-refractivity contribution in [3.63, 3.8) is 0 Å². The number of esters is 1. The summed E-state index contributed by atoms with van der Waals surface area (Å²) in [6.45, 7) is 1.21. The third kappa shape index (κ3) is 7.37. The third-order valence-corrected chi connectivity index (χ3v) is 5.71. The van der Waals surface area contributed by atoms with Gasteiger partial charge in [-0.2, -0.15) is 0 Å². The van der Waals surface area contributed by atoms with Crippen molar-refractivity contribution in [1.82, 2.24) is 0 Å². The Bertz CT molecular complexity index is 1050. The van der Waals surface area contributed by atoms with Crippen LogP contribution in [0.2, 0.25) is 5.02 Å². The van der Waals surface area contributed by atoms with Gasteiger partial charge in [0.2, 0.25) is 5.75 Å².